The molecule has 2 aliphatic rings. The second kappa shape index (κ2) is 6.12. The van der Waals surface area contributed by atoms with E-state index in [0.29, 0.717) is 12.8 Å². The average molecular weight is 317 g/mol. The summed E-state index contributed by atoms with van der Waals surface area (Å²) < 4.78 is 0. The summed E-state index contributed by atoms with van der Waals surface area (Å²) in [6, 6.07) is 7.40. The lowest BCUT2D eigenvalue weighted by atomic mass is 9.82. The SMILES string of the molecule is CSc1ccc(/C=N\N2C(=O)NC3(CCCCC3)C2=O)cc1. The van der Waals surface area contributed by atoms with Crippen LogP contribution in [0.3, 0.4) is 0 Å². The monoisotopic (exact) mass is 317 g/mol. The number of imide groups is 1. The number of rotatable bonds is 3. The highest BCUT2D eigenvalue weighted by atomic mass is 32.2. The molecule has 1 aliphatic carbocycles. The van der Waals surface area contributed by atoms with E-state index in [9.17, 15) is 9.59 Å². The summed E-state index contributed by atoms with van der Waals surface area (Å²) in [7, 11) is 0. The van der Waals surface area contributed by atoms with E-state index in [2.05, 4.69) is 10.4 Å². The van der Waals surface area contributed by atoms with Crippen molar-refractivity contribution in [3.05, 3.63) is 29.8 Å². The number of hydrogen-bond acceptors (Lipinski definition) is 4. The van der Waals surface area contributed by atoms with Crippen LogP contribution in [-0.2, 0) is 4.79 Å². The Morgan fingerprint density at radius 1 is 1.18 bits per heavy atom. The largest absolute Gasteiger partial charge is 0.346 e. The number of hydrogen-bond donors (Lipinski definition) is 1. The highest BCUT2D eigenvalue weighted by Gasteiger charge is 2.51. The molecule has 0 unspecified atom stereocenters. The van der Waals surface area contributed by atoms with Crippen molar-refractivity contribution in [3.63, 3.8) is 0 Å². The summed E-state index contributed by atoms with van der Waals surface area (Å²) in [6.45, 7) is 0. The first-order chi connectivity index (χ1) is 10.6. The van der Waals surface area contributed by atoms with Crippen molar-refractivity contribution in [2.75, 3.05) is 6.26 Å². The van der Waals surface area contributed by atoms with Crippen LogP contribution < -0.4 is 5.32 Å². The van der Waals surface area contributed by atoms with Gasteiger partial charge in [0.2, 0.25) is 0 Å². The predicted molar refractivity (Wildman–Crippen MR) is 87.0 cm³/mol. The second-order valence-electron chi connectivity index (χ2n) is 5.71. The van der Waals surface area contributed by atoms with Crippen molar-refractivity contribution in [2.45, 2.75) is 42.5 Å². The van der Waals surface area contributed by atoms with Gasteiger partial charge in [-0.05, 0) is 36.8 Å². The summed E-state index contributed by atoms with van der Waals surface area (Å²) in [5.74, 6) is -0.214. The van der Waals surface area contributed by atoms with Gasteiger partial charge in [-0.2, -0.15) is 5.10 Å². The van der Waals surface area contributed by atoms with Gasteiger partial charge in [-0.1, -0.05) is 31.4 Å². The Labute approximate surface area is 134 Å². The van der Waals surface area contributed by atoms with E-state index in [-0.39, 0.29) is 5.91 Å². The lowest BCUT2D eigenvalue weighted by molar-refractivity contribution is -0.132. The van der Waals surface area contributed by atoms with Crippen LogP contribution in [0.4, 0.5) is 4.79 Å². The topological polar surface area (TPSA) is 61.8 Å². The van der Waals surface area contributed by atoms with Crippen molar-refractivity contribution in [2.24, 2.45) is 5.10 Å². The Bertz CT molecular complexity index is 606. The number of amides is 3. The van der Waals surface area contributed by atoms with Crippen LogP contribution in [0.5, 0.6) is 0 Å². The number of hydrazone groups is 1. The number of carbonyl (C=O) groups excluding carboxylic acids is 2. The van der Waals surface area contributed by atoms with Crippen LogP contribution in [0.15, 0.2) is 34.3 Å². The molecule has 3 amide bonds. The molecule has 1 N–H and O–H groups in total. The highest BCUT2D eigenvalue weighted by molar-refractivity contribution is 7.98. The summed E-state index contributed by atoms with van der Waals surface area (Å²) in [6.07, 6.45) is 8.07. The molecule has 1 aromatic rings. The summed E-state index contributed by atoms with van der Waals surface area (Å²) >= 11 is 1.66. The first kappa shape index (κ1) is 15.1. The fourth-order valence-electron chi connectivity index (χ4n) is 3.02. The van der Waals surface area contributed by atoms with Gasteiger partial charge in [0.1, 0.15) is 5.54 Å². The number of nitrogens with one attached hydrogen (secondary N) is 1. The van der Waals surface area contributed by atoms with Gasteiger partial charge in [-0.3, -0.25) is 4.79 Å². The van der Waals surface area contributed by atoms with Crippen LogP contribution in [-0.4, -0.2) is 35.0 Å². The summed E-state index contributed by atoms with van der Waals surface area (Å²) in [5, 5.41) is 7.92. The van der Waals surface area contributed by atoms with Crippen molar-refractivity contribution in [3.8, 4) is 0 Å². The normalized spacial score (nSPS) is 20.9. The van der Waals surface area contributed by atoms with Crippen LogP contribution in [0.2, 0.25) is 0 Å². The van der Waals surface area contributed by atoms with Crippen molar-refractivity contribution < 1.29 is 9.59 Å². The van der Waals surface area contributed by atoms with E-state index >= 15 is 0 Å². The maximum Gasteiger partial charge on any atom is 0.346 e. The number of benzene rings is 1. The van der Waals surface area contributed by atoms with E-state index in [1.165, 1.54) is 0 Å². The van der Waals surface area contributed by atoms with Crippen LogP contribution >= 0.6 is 11.8 Å². The second-order valence-corrected chi connectivity index (χ2v) is 6.59. The summed E-state index contributed by atoms with van der Waals surface area (Å²) in [5.41, 5.74) is 0.151. The van der Waals surface area contributed by atoms with Gasteiger partial charge >= 0.3 is 6.03 Å². The molecule has 22 heavy (non-hydrogen) atoms. The van der Waals surface area contributed by atoms with Crippen LogP contribution in [0, 0.1) is 0 Å². The molecule has 0 radical (unpaired) electrons. The number of nitrogens with zero attached hydrogens (tertiary/aromatic N) is 2. The third kappa shape index (κ3) is 2.75. The minimum Gasteiger partial charge on any atom is -0.321 e. The van der Waals surface area contributed by atoms with Crippen molar-refractivity contribution >= 4 is 29.9 Å². The molecule has 116 valence electrons. The molecule has 1 heterocycles. The number of carbonyl (C=O) groups is 2. The van der Waals surface area contributed by atoms with Crippen LogP contribution in [0.25, 0.3) is 0 Å². The Kier molecular flexibility index (Phi) is 4.20. The molecule has 1 spiro atoms. The predicted octanol–water partition coefficient (Wildman–Crippen LogP) is 3.00. The third-order valence-corrected chi connectivity index (χ3v) is 5.03. The molecule has 6 heteroatoms. The van der Waals surface area contributed by atoms with Crippen LogP contribution in [0.1, 0.15) is 37.7 Å². The molecule has 0 atom stereocenters. The molecule has 0 aromatic heterocycles. The zero-order valence-electron chi connectivity index (χ0n) is 12.5. The smallest absolute Gasteiger partial charge is 0.321 e. The quantitative estimate of drug-likeness (QED) is 0.529. The number of urea groups is 1. The van der Waals surface area contributed by atoms with Crippen molar-refractivity contribution in [1.82, 2.24) is 10.3 Å². The van der Waals surface area contributed by atoms with E-state index < -0.39 is 11.6 Å². The maximum atomic E-state index is 12.5. The molecule has 1 aliphatic heterocycles. The Balaban J connectivity index is 1.75. The van der Waals surface area contributed by atoms with Gasteiger partial charge in [0.25, 0.3) is 5.91 Å². The first-order valence-electron chi connectivity index (χ1n) is 7.49. The minimum absolute atomic E-state index is 0.214. The van der Waals surface area contributed by atoms with Gasteiger partial charge in [-0.25, -0.2) is 4.79 Å². The van der Waals surface area contributed by atoms with E-state index in [1.807, 2.05) is 30.5 Å². The molecular formula is C16H19N3O2S. The lowest BCUT2D eigenvalue weighted by Crippen LogP contribution is -2.48. The molecular weight excluding hydrogens is 298 g/mol. The number of thioether (sulfide) groups is 1. The lowest BCUT2D eigenvalue weighted by Gasteiger charge is -2.29. The first-order valence-corrected chi connectivity index (χ1v) is 8.72. The zero-order chi connectivity index (χ0) is 15.6. The van der Waals surface area contributed by atoms with E-state index in [1.54, 1.807) is 18.0 Å². The molecule has 1 aromatic carbocycles. The van der Waals surface area contributed by atoms with Gasteiger partial charge in [-0.15, -0.1) is 16.8 Å². The molecule has 3 rings (SSSR count). The third-order valence-electron chi connectivity index (χ3n) is 4.29. The Hall–Kier alpha value is -1.82. The van der Waals surface area contributed by atoms with Gasteiger partial charge in [0, 0.05) is 4.90 Å². The highest BCUT2D eigenvalue weighted by Crippen LogP contribution is 2.33. The van der Waals surface area contributed by atoms with E-state index in [0.717, 1.165) is 34.7 Å². The standard InChI is InChI=1S/C16H19N3O2S/c1-22-13-7-5-12(6-8-13)11-17-19-14(20)16(18-15(19)21)9-3-2-4-10-16/h5-8,11H,2-4,9-10H2,1H3,(H,18,21)/b17-11-. The molecule has 0 bridgehead atoms. The Morgan fingerprint density at radius 3 is 2.50 bits per heavy atom. The Morgan fingerprint density at radius 2 is 1.86 bits per heavy atom. The average Bonchev–Trinajstić information content (AvgIpc) is 2.77. The fourth-order valence-corrected chi connectivity index (χ4v) is 3.43. The minimum atomic E-state index is -0.713. The molecule has 2 fully saturated rings. The molecule has 1 saturated carbocycles. The fraction of sp³-hybridized carbons (Fsp3) is 0.438. The zero-order valence-corrected chi connectivity index (χ0v) is 13.4. The summed E-state index contributed by atoms with van der Waals surface area (Å²) in [4.78, 5) is 25.8. The maximum absolute atomic E-state index is 12.5. The molecule has 1 saturated heterocycles. The van der Waals surface area contributed by atoms with E-state index in [4.69, 9.17) is 0 Å². The van der Waals surface area contributed by atoms with Gasteiger partial charge in [0.15, 0.2) is 0 Å². The van der Waals surface area contributed by atoms with Gasteiger partial charge in [0.05, 0.1) is 6.21 Å². The van der Waals surface area contributed by atoms with Gasteiger partial charge < -0.3 is 5.32 Å². The molecule has 5 nitrogen and oxygen atoms in total. The van der Waals surface area contributed by atoms with Crippen molar-refractivity contribution in [1.29, 1.82) is 0 Å².